The van der Waals surface area contributed by atoms with Gasteiger partial charge in [0.25, 0.3) is 0 Å². The van der Waals surface area contributed by atoms with Gasteiger partial charge in [-0.25, -0.2) is 4.39 Å². The summed E-state index contributed by atoms with van der Waals surface area (Å²) < 4.78 is 64.0. The van der Waals surface area contributed by atoms with Gasteiger partial charge in [-0.2, -0.15) is 0 Å². The number of hydrogen-bond acceptors (Lipinski definition) is 3. The summed E-state index contributed by atoms with van der Waals surface area (Å²) in [5, 5.41) is 0. The Labute approximate surface area is 114 Å². The summed E-state index contributed by atoms with van der Waals surface area (Å²) in [5.74, 6) is -1.70. The second-order valence-electron chi connectivity index (χ2n) is 4.51. The number of halogens is 4. The third kappa shape index (κ3) is 3.86. The molecule has 0 bridgehead atoms. The Morgan fingerprint density at radius 3 is 2.45 bits per heavy atom. The highest BCUT2D eigenvalue weighted by molar-refractivity contribution is 6.61. The molecule has 0 N–H and O–H groups in total. The molecule has 0 atom stereocenters. The lowest BCUT2D eigenvalue weighted by molar-refractivity contribution is -0.275. The molecule has 2 rings (SSSR count). The van der Waals surface area contributed by atoms with Crippen LogP contribution in [0.1, 0.15) is 13.3 Å². The third-order valence-corrected chi connectivity index (χ3v) is 3.00. The number of alkyl halides is 3. The Hall–Kier alpha value is -1.28. The molecular formula is C12H13BF4O3. The summed E-state index contributed by atoms with van der Waals surface area (Å²) in [6.07, 6.45) is -4.02. The average molecular weight is 292 g/mol. The van der Waals surface area contributed by atoms with E-state index in [2.05, 4.69) is 4.74 Å². The van der Waals surface area contributed by atoms with Gasteiger partial charge in [-0.05, 0) is 24.0 Å². The Kier molecular flexibility index (Phi) is 4.54. The SMILES string of the molecule is CCC1COB(c2ccc(OC(F)(F)F)c(F)c2)OC1. The van der Waals surface area contributed by atoms with E-state index in [-0.39, 0.29) is 5.92 Å². The van der Waals surface area contributed by atoms with Crippen molar-refractivity contribution in [3.8, 4) is 5.75 Å². The fourth-order valence-corrected chi connectivity index (χ4v) is 1.84. The average Bonchev–Trinajstić information content (AvgIpc) is 2.40. The molecule has 0 spiro atoms. The van der Waals surface area contributed by atoms with Crippen LogP contribution in [0.15, 0.2) is 18.2 Å². The van der Waals surface area contributed by atoms with Crippen molar-refractivity contribution < 1.29 is 31.6 Å². The molecule has 0 unspecified atom stereocenters. The second-order valence-corrected chi connectivity index (χ2v) is 4.51. The first-order valence-corrected chi connectivity index (χ1v) is 6.17. The van der Waals surface area contributed by atoms with Gasteiger partial charge in [0.2, 0.25) is 0 Å². The Morgan fingerprint density at radius 1 is 1.30 bits per heavy atom. The van der Waals surface area contributed by atoms with Crippen molar-refractivity contribution in [2.24, 2.45) is 5.92 Å². The maximum atomic E-state index is 13.5. The molecule has 20 heavy (non-hydrogen) atoms. The number of hydrogen-bond donors (Lipinski definition) is 0. The Bertz CT molecular complexity index is 459. The van der Waals surface area contributed by atoms with Crippen LogP contribution in [0, 0.1) is 11.7 Å². The molecule has 8 heteroatoms. The van der Waals surface area contributed by atoms with Crippen LogP contribution in [0.3, 0.4) is 0 Å². The van der Waals surface area contributed by atoms with Crippen molar-refractivity contribution in [1.29, 1.82) is 0 Å². The van der Waals surface area contributed by atoms with Gasteiger partial charge in [-0.1, -0.05) is 13.0 Å². The van der Waals surface area contributed by atoms with Crippen molar-refractivity contribution in [3.63, 3.8) is 0 Å². The highest BCUT2D eigenvalue weighted by Crippen LogP contribution is 2.25. The molecule has 3 nitrogen and oxygen atoms in total. The maximum Gasteiger partial charge on any atom is 0.573 e. The predicted octanol–water partition coefficient (Wildman–Crippen LogP) is 2.49. The zero-order chi connectivity index (χ0) is 14.8. The molecule has 1 aliphatic heterocycles. The van der Waals surface area contributed by atoms with Gasteiger partial charge >= 0.3 is 13.5 Å². The van der Waals surface area contributed by atoms with E-state index in [1.165, 1.54) is 6.07 Å². The zero-order valence-electron chi connectivity index (χ0n) is 10.7. The summed E-state index contributed by atoms with van der Waals surface area (Å²) in [4.78, 5) is 0. The molecule has 0 aromatic heterocycles. The lowest BCUT2D eigenvalue weighted by atomic mass is 9.77. The maximum absolute atomic E-state index is 13.5. The summed E-state index contributed by atoms with van der Waals surface area (Å²) >= 11 is 0. The fraction of sp³-hybridized carbons (Fsp3) is 0.500. The summed E-state index contributed by atoms with van der Waals surface area (Å²) in [7, 11) is -0.757. The molecule has 0 saturated carbocycles. The zero-order valence-corrected chi connectivity index (χ0v) is 10.7. The highest BCUT2D eigenvalue weighted by atomic mass is 19.4. The molecule has 0 radical (unpaired) electrons. The smallest absolute Gasteiger partial charge is 0.407 e. The van der Waals surface area contributed by atoms with Gasteiger partial charge in [0, 0.05) is 19.1 Å². The summed E-state index contributed by atoms with van der Waals surface area (Å²) in [6.45, 7) is 2.95. The van der Waals surface area contributed by atoms with E-state index in [0.29, 0.717) is 18.7 Å². The lowest BCUT2D eigenvalue weighted by Gasteiger charge is -2.26. The monoisotopic (exact) mass is 292 g/mol. The summed E-state index contributed by atoms with van der Waals surface area (Å²) in [6, 6.07) is 3.13. The number of benzene rings is 1. The number of ether oxygens (including phenoxy) is 1. The standard InChI is InChI=1S/C12H13BF4O3/c1-2-8-6-18-13(19-7-8)9-3-4-11(10(14)5-9)20-12(15,16)17/h3-5,8H,2,6-7H2,1H3. The van der Waals surface area contributed by atoms with Gasteiger partial charge < -0.3 is 14.0 Å². The lowest BCUT2D eigenvalue weighted by Crippen LogP contribution is -2.44. The van der Waals surface area contributed by atoms with Gasteiger partial charge in [0.15, 0.2) is 11.6 Å². The van der Waals surface area contributed by atoms with Gasteiger partial charge in [-0.15, -0.1) is 13.2 Å². The fourth-order valence-electron chi connectivity index (χ4n) is 1.84. The van der Waals surface area contributed by atoms with Crippen LogP contribution >= 0.6 is 0 Å². The third-order valence-electron chi connectivity index (χ3n) is 3.00. The first kappa shape index (κ1) is 15.1. The Balaban J connectivity index is 2.06. The van der Waals surface area contributed by atoms with Crippen molar-refractivity contribution in [1.82, 2.24) is 0 Å². The topological polar surface area (TPSA) is 27.7 Å². The van der Waals surface area contributed by atoms with E-state index in [4.69, 9.17) is 9.31 Å². The van der Waals surface area contributed by atoms with Crippen LogP contribution in [0.5, 0.6) is 5.75 Å². The van der Waals surface area contributed by atoms with Crippen molar-refractivity contribution >= 4 is 12.6 Å². The minimum absolute atomic E-state index is 0.281. The number of rotatable bonds is 3. The molecule has 110 valence electrons. The van der Waals surface area contributed by atoms with Crippen molar-refractivity contribution in [2.45, 2.75) is 19.7 Å². The Morgan fingerprint density at radius 2 is 1.95 bits per heavy atom. The van der Waals surface area contributed by atoms with Crippen molar-refractivity contribution in [3.05, 3.63) is 24.0 Å². The predicted molar refractivity (Wildman–Crippen MR) is 64.2 cm³/mol. The molecule has 1 heterocycles. The van der Waals surface area contributed by atoms with Crippen LogP contribution in [0.2, 0.25) is 0 Å². The molecule has 0 aliphatic carbocycles. The molecule has 1 saturated heterocycles. The van der Waals surface area contributed by atoms with Crippen LogP contribution in [0.4, 0.5) is 17.6 Å². The molecule has 0 amide bonds. The van der Waals surface area contributed by atoms with Crippen LogP contribution < -0.4 is 10.2 Å². The summed E-state index contributed by atoms with van der Waals surface area (Å²) in [5.41, 5.74) is 0.326. The van der Waals surface area contributed by atoms with E-state index in [1.807, 2.05) is 6.92 Å². The molecular weight excluding hydrogens is 279 g/mol. The van der Waals surface area contributed by atoms with E-state index in [0.717, 1.165) is 18.6 Å². The quantitative estimate of drug-likeness (QED) is 0.633. The van der Waals surface area contributed by atoms with E-state index in [9.17, 15) is 17.6 Å². The largest absolute Gasteiger partial charge is 0.573 e. The van der Waals surface area contributed by atoms with Crippen LogP contribution in [-0.2, 0) is 9.31 Å². The molecule has 1 aliphatic rings. The normalized spacial score (nSPS) is 17.4. The van der Waals surface area contributed by atoms with Gasteiger partial charge in [0.1, 0.15) is 0 Å². The molecule has 1 fully saturated rings. The highest BCUT2D eigenvalue weighted by Gasteiger charge is 2.33. The van der Waals surface area contributed by atoms with Crippen LogP contribution in [-0.4, -0.2) is 26.7 Å². The minimum Gasteiger partial charge on any atom is -0.407 e. The van der Waals surface area contributed by atoms with Crippen molar-refractivity contribution in [2.75, 3.05) is 13.2 Å². The van der Waals surface area contributed by atoms with E-state index >= 15 is 0 Å². The first-order chi connectivity index (χ1) is 9.39. The van der Waals surface area contributed by atoms with E-state index in [1.54, 1.807) is 0 Å². The second kappa shape index (κ2) is 6.01. The van der Waals surface area contributed by atoms with Gasteiger partial charge in [-0.3, -0.25) is 0 Å². The van der Waals surface area contributed by atoms with Gasteiger partial charge in [0.05, 0.1) is 0 Å². The molecule has 1 aromatic rings. The minimum atomic E-state index is -4.92. The van der Waals surface area contributed by atoms with Crippen LogP contribution in [0.25, 0.3) is 0 Å². The van der Waals surface area contributed by atoms with E-state index < -0.39 is 25.0 Å². The first-order valence-electron chi connectivity index (χ1n) is 6.17. The molecule has 1 aromatic carbocycles.